The number of nitrogens with zero attached hydrogens (tertiary/aromatic N) is 5. The third kappa shape index (κ3) is 3.86. The van der Waals surface area contributed by atoms with E-state index in [1.165, 1.54) is 0 Å². The van der Waals surface area contributed by atoms with Gasteiger partial charge in [0.1, 0.15) is 0 Å². The molecule has 34 heavy (non-hydrogen) atoms. The van der Waals surface area contributed by atoms with Crippen LogP contribution in [0.25, 0.3) is 34.2 Å². The van der Waals surface area contributed by atoms with Crippen molar-refractivity contribution in [3.8, 4) is 34.2 Å². The minimum absolute atomic E-state index is 0.256. The van der Waals surface area contributed by atoms with Crippen molar-refractivity contribution in [2.75, 3.05) is 5.32 Å². The highest BCUT2D eigenvalue weighted by molar-refractivity contribution is 6.08. The molecule has 8 heteroatoms. The molecule has 0 unspecified atom stereocenters. The number of aromatic nitrogens is 5. The van der Waals surface area contributed by atoms with Gasteiger partial charge in [-0.2, -0.15) is 0 Å². The van der Waals surface area contributed by atoms with Crippen LogP contribution in [0, 0.1) is 0 Å². The van der Waals surface area contributed by atoms with Crippen molar-refractivity contribution >= 4 is 11.6 Å². The fourth-order valence-electron chi connectivity index (χ4n) is 3.89. The second-order valence-electron chi connectivity index (χ2n) is 8.15. The van der Waals surface area contributed by atoms with E-state index in [0.717, 1.165) is 24.0 Å². The Bertz CT molecular complexity index is 1470. The van der Waals surface area contributed by atoms with Crippen LogP contribution in [0.4, 0.5) is 5.69 Å². The van der Waals surface area contributed by atoms with Crippen LogP contribution >= 0.6 is 0 Å². The number of oxazole rings is 1. The van der Waals surface area contributed by atoms with Gasteiger partial charge in [-0.25, -0.2) is 9.67 Å². The molecule has 0 saturated heterocycles. The first-order valence-corrected chi connectivity index (χ1v) is 11.1. The molecule has 5 aromatic rings. The molecule has 0 spiro atoms. The predicted octanol–water partition coefficient (Wildman–Crippen LogP) is 5.25. The molecule has 1 aliphatic carbocycles. The molecule has 1 fully saturated rings. The average molecular weight is 448 g/mol. The first-order chi connectivity index (χ1) is 16.8. The van der Waals surface area contributed by atoms with E-state index in [1.54, 1.807) is 12.3 Å². The van der Waals surface area contributed by atoms with Gasteiger partial charge in [-0.05, 0) is 47.5 Å². The number of hydrogen-bond donors (Lipinski definition) is 1. The van der Waals surface area contributed by atoms with Crippen molar-refractivity contribution in [2.45, 2.75) is 18.9 Å². The zero-order valence-electron chi connectivity index (χ0n) is 18.1. The molecule has 0 bridgehead atoms. The molecule has 166 valence electrons. The van der Waals surface area contributed by atoms with Crippen molar-refractivity contribution in [2.24, 2.45) is 0 Å². The number of benzene rings is 3. The zero-order chi connectivity index (χ0) is 22.9. The average Bonchev–Trinajstić information content (AvgIpc) is 3.40. The standard InChI is InChI=1S/C26H20N6O2/c33-25(28-19-10-6-9-18(15-19)24-29-30-31-32(24)20-13-14-20)21-11-4-5-12-22(21)26-27-16-23(34-26)17-7-2-1-3-8-17/h1-12,15-16,20H,13-14H2,(H,28,33). The van der Waals surface area contributed by atoms with Crippen molar-refractivity contribution < 1.29 is 9.21 Å². The van der Waals surface area contributed by atoms with E-state index in [4.69, 9.17) is 4.42 Å². The molecule has 0 atom stereocenters. The molecule has 3 aromatic carbocycles. The van der Waals surface area contributed by atoms with Crippen molar-refractivity contribution in [3.63, 3.8) is 0 Å². The molecular formula is C26H20N6O2. The maximum atomic E-state index is 13.2. The van der Waals surface area contributed by atoms with Crippen molar-refractivity contribution in [1.29, 1.82) is 0 Å². The summed E-state index contributed by atoms with van der Waals surface area (Å²) < 4.78 is 7.84. The molecule has 0 aliphatic heterocycles. The quantitative estimate of drug-likeness (QED) is 0.381. The molecule has 1 amide bonds. The Hall–Kier alpha value is -4.59. The van der Waals surface area contributed by atoms with Crippen molar-refractivity contribution in [3.05, 3.63) is 90.6 Å². The first-order valence-electron chi connectivity index (χ1n) is 11.1. The summed E-state index contributed by atoms with van der Waals surface area (Å²) in [4.78, 5) is 17.7. The van der Waals surface area contributed by atoms with Gasteiger partial charge >= 0.3 is 0 Å². The second kappa shape index (κ2) is 8.40. The fourth-order valence-corrected chi connectivity index (χ4v) is 3.89. The lowest BCUT2D eigenvalue weighted by molar-refractivity contribution is 0.102. The molecule has 1 aliphatic rings. The molecule has 1 saturated carbocycles. The minimum Gasteiger partial charge on any atom is -0.436 e. The Kier molecular flexibility index (Phi) is 4.95. The lowest BCUT2D eigenvalue weighted by Crippen LogP contribution is -2.13. The van der Waals surface area contributed by atoms with E-state index in [1.807, 2.05) is 77.5 Å². The SMILES string of the molecule is O=C(Nc1cccc(-c2nnnn2C2CC2)c1)c1ccccc1-c1ncc(-c2ccccc2)o1. The highest BCUT2D eigenvalue weighted by Crippen LogP contribution is 2.37. The third-order valence-corrected chi connectivity index (χ3v) is 5.73. The number of carbonyl (C=O) groups excluding carboxylic acids is 1. The Morgan fingerprint density at radius 1 is 0.941 bits per heavy atom. The monoisotopic (exact) mass is 448 g/mol. The summed E-state index contributed by atoms with van der Waals surface area (Å²) >= 11 is 0. The maximum Gasteiger partial charge on any atom is 0.256 e. The molecule has 6 rings (SSSR count). The Balaban J connectivity index is 1.27. The van der Waals surface area contributed by atoms with Crippen LogP contribution in [0.1, 0.15) is 29.2 Å². The number of tetrazole rings is 1. The van der Waals surface area contributed by atoms with Gasteiger partial charge in [0.15, 0.2) is 11.6 Å². The molecule has 2 heterocycles. The van der Waals surface area contributed by atoms with Gasteiger partial charge < -0.3 is 9.73 Å². The van der Waals surface area contributed by atoms with Crippen LogP contribution in [0.3, 0.4) is 0 Å². The molecule has 0 radical (unpaired) electrons. The van der Waals surface area contributed by atoms with Gasteiger partial charge in [0.05, 0.1) is 17.8 Å². The fraction of sp³-hybridized carbons (Fsp3) is 0.115. The second-order valence-corrected chi connectivity index (χ2v) is 8.15. The maximum absolute atomic E-state index is 13.2. The smallest absolute Gasteiger partial charge is 0.256 e. The summed E-state index contributed by atoms with van der Waals surface area (Å²) in [6.45, 7) is 0. The van der Waals surface area contributed by atoms with E-state index in [0.29, 0.717) is 40.3 Å². The highest BCUT2D eigenvalue weighted by atomic mass is 16.4. The normalized spacial score (nSPS) is 13.1. The summed E-state index contributed by atoms with van der Waals surface area (Å²) in [6, 6.07) is 24.9. The topological polar surface area (TPSA) is 98.7 Å². The number of carbonyl (C=O) groups is 1. The summed E-state index contributed by atoms with van der Waals surface area (Å²) in [5.74, 6) is 1.48. The number of anilines is 1. The molecule has 2 aromatic heterocycles. The number of rotatable bonds is 6. The molecule has 1 N–H and O–H groups in total. The van der Waals surface area contributed by atoms with Gasteiger partial charge in [-0.3, -0.25) is 4.79 Å². The van der Waals surface area contributed by atoms with Crippen LogP contribution < -0.4 is 5.32 Å². The van der Waals surface area contributed by atoms with Crippen molar-refractivity contribution in [1.82, 2.24) is 25.2 Å². The number of nitrogens with one attached hydrogen (secondary N) is 1. The summed E-state index contributed by atoms with van der Waals surface area (Å²) in [7, 11) is 0. The van der Waals surface area contributed by atoms with Gasteiger partial charge in [0.2, 0.25) is 5.89 Å². The van der Waals surface area contributed by atoms with E-state index in [2.05, 4.69) is 25.8 Å². The van der Waals surface area contributed by atoms with Crippen LogP contribution in [-0.2, 0) is 0 Å². The van der Waals surface area contributed by atoms with Crippen LogP contribution in [0.2, 0.25) is 0 Å². The summed E-state index contributed by atoms with van der Waals surface area (Å²) in [5.41, 5.74) is 3.52. The molecular weight excluding hydrogens is 428 g/mol. The minimum atomic E-state index is -0.256. The van der Waals surface area contributed by atoms with Gasteiger partial charge in [0, 0.05) is 22.4 Å². The van der Waals surface area contributed by atoms with E-state index in [-0.39, 0.29) is 5.91 Å². The highest BCUT2D eigenvalue weighted by Gasteiger charge is 2.28. The summed E-state index contributed by atoms with van der Waals surface area (Å²) in [6.07, 6.45) is 3.84. The predicted molar refractivity (Wildman–Crippen MR) is 127 cm³/mol. The number of amides is 1. The first kappa shape index (κ1) is 20.0. The van der Waals surface area contributed by atoms with Crippen LogP contribution in [0.5, 0.6) is 0 Å². The Labute approximate surface area is 195 Å². The zero-order valence-corrected chi connectivity index (χ0v) is 18.1. The van der Waals surface area contributed by atoms with Gasteiger partial charge in [-0.15, -0.1) is 5.10 Å². The largest absolute Gasteiger partial charge is 0.436 e. The third-order valence-electron chi connectivity index (χ3n) is 5.73. The Morgan fingerprint density at radius 3 is 2.59 bits per heavy atom. The van der Waals surface area contributed by atoms with E-state index < -0.39 is 0 Å². The van der Waals surface area contributed by atoms with Gasteiger partial charge in [0.25, 0.3) is 5.91 Å². The number of hydrogen-bond acceptors (Lipinski definition) is 6. The Morgan fingerprint density at radius 2 is 1.74 bits per heavy atom. The lowest BCUT2D eigenvalue weighted by atomic mass is 10.1. The van der Waals surface area contributed by atoms with E-state index >= 15 is 0 Å². The molecule has 8 nitrogen and oxygen atoms in total. The van der Waals surface area contributed by atoms with Gasteiger partial charge in [-0.1, -0.05) is 54.6 Å². The van der Waals surface area contributed by atoms with Crippen LogP contribution in [-0.4, -0.2) is 31.1 Å². The summed E-state index contributed by atoms with van der Waals surface area (Å²) in [5, 5.41) is 15.1. The lowest BCUT2D eigenvalue weighted by Gasteiger charge is -2.10. The van der Waals surface area contributed by atoms with Crippen LogP contribution in [0.15, 0.2) is 89.5 Å². The van der Waals surface area contributed by atoms with E-state index in [9.17, 15) is 4.79 Å².